The number of aromatic nitrogens is 4. The van der Waals surface area contributed by atoms with Crippen molar-refractivity contribution >= 4 is 11.9 Å². The van der Waals surface area contributed by atoms with E-state index in [0.29, 0.717) is 12.1 Å². The monoisotopic (exact) mass is 377 g/mol. The highest BCUT2D eigenvalue weighted by molar-refractivity contribution is 5.91. The lowest BCUT2D eigenvalue weighted by molar-refractivity contribution is -0.124. The van der Waals surface area contributed by atoms with Crippen molar-refractivity contribution in [3.05, 3.63) is 72.1 Å². The molecule has 8 heteroatoms. The topological polar surface area (TPSA) is 99.0 Å². The van der Waals surface area contributed by atoms with Gasteiger partial charge >= 0.3 is 5.97 Å². The number of hydrogen-bond donors (Lipinski definition) is 1. The maximum atomic E-state index is 12.1. The summed E-state index contributed by atoms with van der Waals surface area (Å²) in [4.78, 5) is 24.2. The molecular formula is C20H19N5O3. The van der Waals surface area contributed by atoms with Crippen LogP contribution in [-0.2, 0) is 14.9 Å². The molecule has 2 aromatic carbocycles. The van der Waals surface area contributed by atoms with E-state index in [0.717, 1.165) is 18.5 Å². The Bertz CT molecular complexity index is 951. The van der Waals surface area contributed by atoms with Crippen molar-refractivity contribution < 1.29 is 14.3 Å². The highest BCUT2D eigenvalue weighted by Crippen LogP contribution is 2.47. The zero-order valence-electron chi connectivity index (χ0n) is 15.1. The third kappa shape index (κ3) is 3.90. The fourth-order valence-electron chi connectivity index (χ4n) is 3.07. The maximum absolute atomic E-state index is 12.1. The van der Waals surface area contributed by atoms with Crippen LogP contribution in [0.2, 0.25) is 0 Å². The highest BCUT2D eigenvalue weighted by Gasteiger charge is 2.44. The Hall–Kier alpha value is -3.55. The summed E-state index contributed by atoms with van der Waals surface area (Å²) in [5.41, 5.74) is 2.32. The number of carbonyl (C=O) groups excluding carboxylic acids is 2. The second-order valence-corrected chi connectivity index (χ2v) is 6.80. The molecule has 0 unspecified atom stereocenters. The summed E-state index contributed by atoms with van der Waals surface area (Å²) in [5, 5.41) is 13.8. The molecule has 1 N–H and O–H groups in total. The number of rotatable bonds is 7. The molecule has 0 spiro atoms. The molecule has 0 aliphatic heterocycles. The fourth-order valence-corrected chi connectivity index (χ4v) is 3.07. The van der Waals surface area contributed by atoms with Crippen molar-refractivity contribution in [2.75, 3.05) is 13.2 Å². The SMILES string of the molecule is O=C(COC(=O)c1ccc(-n2cnnn2)cc1)NCC1(c2ccccc2)CC1. The first-order valence-electron chi connectivity index (χ1n) is 8.99. The second kappa shape index (κ2) is 7.59. The van der Waals surface area contributed by atoms with Crippen LogP contribution in [-0.4, -0.2) is 45.2 Å². The van der Waals surface area contributed by atoms with Crippen LogP contribution in [0.3, 0.4) is 0 Å². The number of nitrogens with zero attached hydrogens (tertiary/aromatic N) is 4. The predicted molar refractivity (Wildman–Crippen MR) is 99.8 cm³/mol. The minimum atomic E-state index is -0.553. The van der Waals surface area contributed by atoms with Crippen molar-refractivity contribution in [2.45, 2.75) is 18.3 Å². The molecule has 8 nitrogen and oxygen atoms in total. The van der Waals surface area contributed by atoms with Gasteiger partial charge in [-0.15, -0.1) is 5.10 Å². The van der Waals surface area contributed by atoms with Crippen LogP contribution in [0.5, 0.6) is 0 Å². The third-order valence-corrected chi connectivity index (χ3v) is 4.91. The average Bonchev–Trinajstić information content (AvgIpc) is 3.34. The molecule has 0 radical (unpaired) electrons. The first kappa shape index (κ1) is 17.8. The third-order valence-electron chi connectivity index (χ3n) is 4.91. The van der Waals surface area contributed by atoms with Gasteiger partial charge in [0.05, 0.1) is 11.3 Å². The van der Waals surface area contributed by atoms with Gasteiger partial charge in [0.25, 0.3) is 5.91 Å². The van der Waals surface area contributed by atoms with Crippen molar-refractivity contribution in [1.29, 1.82) is 0 Å². The smallest absolute Gasteiger partial charge is 0.338 e. The van der Waals surface area contributed by atoms with E-state index in [-0.39, 0.29) is 17.9 Å². The maximum Gasteiger partial charge on any atom is 0.338 e. The number of hydrogen-bond acceptors (Lipinski definition) is 6. The Morgan fingerprint density at radius 1 is 1.07 bits per heavy atom. The lowest BCUT2D eigenvalue weighted by Crippen LogP contribution is -2.35. The van der Waals surface area contributed by atoms with E-state index < -0.39 is 5.97 Å². The van der Waals surface area contributed by atoms with Gasteiger partial charge in [-0.05, 0) is 53.1 Å². The van der Waals surface area contributed by atoms with Gasteiger partial charge in [-0.25, -0.2) is 9.48 Å². The molecule has 1 saturated carbocycles. The normalized spacial score (nSPS) is 14.3. The molecule has 0 saturated heterocycles. The van der Waals surface area contributed by atoms with Gasteiger partial charge < -0.3 is 10.1 Å². The second-order valence-electron chi connectivity index (χ2n) is 6.80. The lowest BCUT2D eigenvalue weighted by Gasteiger charge is -2.16. The van der Waals surface area contributed by atoms with Crippen molar-refractivity contribution in [1.82, 2.24) is 25.5 Å². The number of esters is 1. The molecule has 1 heterocycles. The molecule has 1 aromatic heterocycles. The van der Waals surface area contributed by atoms with Crippen LogP contribution < -0.4 is 5.32 Å². The Kier molecular flexibility index (Phi) is 4.84. The molecule has 1 fully saturated rings. The number of nitrogens with one attached hydrogen (secondary N) is 1. The molecule has 1 amide bonds. The Morgan fingerprint density at radius 2 is 1.82 bits per heavy atom. The van der Waals surface area contributed by atoms with Gasteiger partial charge in [-0.2, -0.15) is 0 Å². The van der Waals surface area contributed by atoms with Gasteiger partial charge in [-0.3, -0.25) is 4.79 Å². The van der Waals surface area contributed by atoms with Crippen molar-refractivity contribution in [2.24, 2.45) is 0 Å². The fraction of sp³-hybridized carbons (Fsp3) is 0.250. The summed E-state index contributed by atoms with van der Waals surface area (Å²) in [6.45, 7) is 0.243. The molecule has 142 valence electrons. The van der Waals surface area contributed by atoms with Crippen LogP contribution in [0.15, 0.2) is 60.9 Å². The minimum Gasteiger partial charge on any atom is -0.452 e. The van der Waals surface area contributed by atoms with E-state index in [1.807, 2.05) is 18.2 Å². The highest BCUT2D eigenvalue weighted by atomic mass is 16.5. The van der Waals surface area contributed by atoms with E-state index in [1.54, 1.807) is 24.3 Å². The minimum absolute atomic E-state index is 0.0208. The Balaban J connectivity index is 1.26. The average molecular weight is 377 g/mol. The number of amides is 1. The van der Waals surface area contributed by atoms with Gasteiger partial charge in [0, 0.05) is 12.0 Å². The summed E-state index contributed by atoms with van der Waals surface area (Å²) in [6, 6.07) is 16.8. The summed E-state index contributed by atoms with van der Waals surface area (Å²) >= 11 is 0. The van der Waals surface area contributed by atoms with E-state index in [4.69, 9.17) is 4.74 Å². The van der Waals surface area contributed by atoms with E-state index in [1.165, 1.54) is 16.6 Å². The zero-order valence-corrected chi connectivity index (χ0v) is 15.1. The lowest BCUT2D eigenvalue weighted by atomic mass is 9.96. The summed E-state index contributed by atoms with van der Waals surface area (Å²) in [5.74, 6) is -0.858. The van der Waals surface area contributed by atoms with Crippen LogP contribution in [0, 0.1) is 0 Å². The number of ether oxygens (including phenoxy) is 1. The number of tetrazole rings is 1. The standard InChI is InChI=1S/C20H19N5O3/c26-18(21-13-20(10-11-20)16-4-2-1-3-5-16)12-28-19(27)15-6-8-17(9-7-15)25-14-22-23-24-25/h1-9,14H,10-13H2,(H,21,26). The van der Waals surface area contributed by atoms with Crippen molar-refractivity contribution in [3.8, 4) is 5.69 Å². The molecule has 4 rings (SSSR count). The molecule has 3 aromatic rings. The molecular weight excluding hydrogens is 358 g/mol. The van der Waals surface area contributed by atoms with Crippen LogP contribution >= 0.6 is 0 Å². The number of benzene rings is 2. The first-order valence-corrected chi connectivity index (χ1v) is 8.99. The van der Waals surface area contributed by atoms with E-state index in [2.05, 4.69) is 33.0 Å². The van der Waals surface area contributed by atoms with Gasteiger partial charge in [0.2, 0.25) is 0 Å². The van der Waals surface area contributed by atoms with E-state index in [9.17, 15) is 9.59 Å². The van der Waals surface area contributed by atoms with Crippen molar-refractivity contribution in [3.63, 3.8) is 0 Å². The molecule has 28 heavy (non-hydrogen) atoms. The van der Waals surface area contributed by atoms with Gasteiger partial charge in [0.1, 0.15) is 6.33 Å². The van der Waals surface area contributed by atoms with Crippen LogP contribution in [0.4, 0.5) is 0 Å². The van der Waals surface area contributed by atoms with Gasteiger partial charge in [-0.1, -0.05) is 30.3 Å². The summed E-state index contributed by atoms with van der Waals surface area (Å²) in [7, 11) is 0. The Labute approximate surface area is 161 Å². The molecule has 1 aliphatic rings. The quantitative estimate of drug-likeness (QED) is 0.629. The molecule has 0 bridgehead atoms. The van der Waals surface area contributed by atoms with Gasteiger partial charge in [0.15, 0.2) is 6.61 Å². The van der Waals surface area contributed by atoms with Crippen LogP contribution in [0.1, 0.15) is 28.8 Å². The Morgan fingerprint density at radius 3 is 2.46 bits per heavy atom. The first-order chi connectivity index (χ1) is 13.7. The summed E-state index contributed by atoms with van der Waals surface area (Å²) in [6.07, 6.45) is 3.55. The summed E-state index contributed by atoms with van der Waals surface area (Å²) < 4.78 is 6.59. The molecule has 1 aliphatic carbocycles. The van der Waals surface area contributed by atoms with E-state index >= 15 is 0 Å². The molecule has 0 atom stereocenters. The number of carbonyl (C=O) groups is 2. The largest absolute Gasteiger partial charge is 0.452 e. The van der Waals surface area contributed by atoms with Crippen LogP contribution in [0.25, 0.3) is 5.69 Å². The zero-order chi connectivity index (χ0) is 19.4. The predicted octanol–water partition coefficient (Wildman–Crippen LogP) is 1.67.